The normalized spacial score (nSPS) is 21.4. The molecule has 1 amide bonds. The summed E-state index contributed by atoms with van der Waals surface area (Å²) >= 11 is 6.40. The zero-order chi connectivity index (χ0) is 17.2. The molecular weight excluding hydrogens is 336 g/mol. The van der Waals surface area contributed by atoms with Gasteiger partial charge in [-0.3, -0.25) is 14.4 Å². The molecule has 0 saturated carbocycles. The zero-order valence-corrected chi connectivity index (χ0v) is 15.0. The Bertz CT molecular complexity index is 759. The van der Waals surface area contributed by atoms with Crippen LogP contribution < -0.4 is 0 Å². The van der Waals surface area contributed by atoms with Gasteiger partial charge in [-0.15, -0.1) is 0 Å². The summed E-state index contributed by atoms with van der Waals surface area (Å²) < 4.78 is 2.09. The average molecular weight is 359 g/mol. The molecule has 0 radical (unpaired) electrons. The Morgan fingerprint density at radius 3 is 2.88 bits per heavy atom. The molecule has 0 N–H and O–H groups in total. The Morgan fingerprint density at radius 2 is 2.08 bits per heavy atom. The quantitative estimate of drug-likeness (QED) is 0.843. The van der Waals surface area contributed by atoms with Crippen molar-refractivity contribution >= 4 is 17.5 Å². The van der Waals surface area contributed by atoms with Crippen LogP contribution >= 0.6 is 11.6 Å². The number of halogens is 1. The Balaban J connectivity index is 1.57. The van der Waals surface area contributed by atoms with E-state index in [1.807, 2.05) is 29.3 Å². The van der Waals surface area contributed by atoms with Crippen LogP contribution in [-0.2, 0) is 24.4 Å². The summed E-state index contributed by atoms with van der Waals surface area (Å²) in [5.41, 5.74) is 2.36. The topological polar surface area (TPSA) is 41.4 Å². The summed E-state index contributed by atoms with van der Waals surface area (Å²) in [6, 6.07) is 10.4. The highest BCUT2D eigenvalue weighted by atomic mass is 35.5. The van der Waals surface area contributed by atoms with Gasteiger partial charge in [-0.1, -0.05) is 29.8 Å². The highest BCUT2D eigenvalue weighted by molar-refractivity contribution is 6.31. The Morgan fingerprint density at radius 1 is 1.20 bits per heavy atom. The number of rotatable bonds is 4. The van der Waals surface area contributed by atoms with Gasteiger partial charge in [0, 0.05) is 56.4 Å². The first-order chi connectivity index (χ1) is 12.2. The maximum atomic E-state index is 12.1. The van der Waals surface area contributed by atoms with Gasteiger partial charge in [-0.25, -0.2) is 0 Å². The first-order valence-corrected chi connectivity index (χ1v) is 9.34. The van der Waals surface area contributed by atoms with Crippen LogP contribution in [0.15, 0.2) is 36.5 Å². The summed E-state index contributed by atoms with van der Waals surface area (Å²) in [6.45, 7) is 4.21. The van der Waals surface area contributed by atoms with Gasteiger partial charge in [0.25, 0.3) is 0 Å². The maximum Gasteiger partial charge on any atom is 0.222 e. The fourth-order valence-corrected chi connectivity index (χ4v) is 4.07. The fraction of sp³-hybridized carbons (Fsp3) is 0.474. The molecular formula is C19H23ClN4O. The predicted molar refractivity (Wildman–Crippen MR) is 97.1 cm³/mol. The standard InChI is InChI=1S/C19H23ClN4O/c20-18-5-2-1-4-15(18)12-23-14-17-7-9-21-24(17)11-8-16(23)13-22-10-3-6-19(22)25/h1-2,4-5,7,9,16H,3,6,8,10-14H2. The molecule has 3 heterocycles. The second kappa shape index (κ2) is 7.18. The monoisotopic (exact) mass is 358 g/mol. The van der Waals surface area contributed by atoms with Crippen molar-refractivity contribution in [2.75, 3.05) is 13.1 Å². The second-order valence-corrected chi connectivity index (χ2v) is 7.34. The molecule has 1 atom stereocenters. The molecule has 2 aliphatic heterocycles. The largest absolute Gasteiger partial charge is 0.341 e. The number of likely N-dealkylation sites (tertiary alicyclic amines) is 1. The van der Waals surface area contributed by atoms with E-state index in [4.69, 9.17) is 11.6 Å². The number of hydrogen-bond acceptors (Lipinski definition) is 3. The Labute approximate surface area is 153 Å². The third-order valence-corrected chi connectivity index (χ3v) is 5.66. The molecule has 2 aromatic rings. The fourth-order valence-electron chi connectivity index (χ4n) is 3.88. The molecule has 0 spiro atoms. The summed E-state index contributed by atoms with van der Waals surface area (Å²) in [5, 5.41) is 5.24. The van der Waals surface area contributed by atoms with Crippen molar-refractivity contribution in [2.45, 2.75) is 44.9 Å². The Kier molecular flexibility index (Phi) is 4.77. The minimum absolute atomic E-state index is 0.291. The van der Waals surface area contributed by atoms with Crippen molar-refractivity contribution in [3.05, 3.63) is 52.8 Å². The van der Waals surface area contributed by atoms with E-state index < -0.39 is 0 Å². The van der Waals surface area contributed by atoms with Crippen LogP contribution in [0.3, 0.4) is 0 Å². The lowest BCUT2D eigenvalue weighted by molar-refractivity contribution is -0.128. The van der Waals surface area contributed by atoms with Crippen LogP contribution in [-0.4, -0.2) is 44.6 Å². The number of amides is 1. The lowest BCUT2D eigenvalue weighted by atomic mass is 10.1. The van der Waals surface area contributed by atoms with Crippen molar-refractivity contribution in [1.82, 2.24) is 19.6 Å². The van der Waals surface area contributed by atoms with Crippen molar-refractivity contribution in [1.29, 1.82) is 0 Å². The molecule has 25 heavy (non-hydrogen) atoms. The summed E-state index contributed by atoms with van der Waals surface area (Å²) in [5.74, 6) is 0.291. The van der Waals surface area contributed by atoms with Gasteiger partial charge in [0.2, 0.25) is 5.91 Å². The molecule has 1 aromatic carbocycles. The molecule has 1 unspecified atom stereocenters. The van der Waals surface area contributed by atoms with Gasteiger partial charge in [-0.2, -0.15) is 5.10 Å². The van der Waals surface area contributed by atoms with Crippen molar-refractivity contribution in [2.24, 2.45) is 0 Å². The van der Waals surface area contributed by atoms with Gasteiger partial charge in [-0.05, 0) is 30.5 Å². The molecule has 2 aliphatic rings. The second-order valence-electron chi connectivity index (χ2n) is 6.93. The predicted octanol–water partition coefficient (Wildman–Crippen LogP) is 2.93. The number of aromatic nitrogens is 2. The molecule has 0 bridgehead atoms. The van der Waals surface area contributed by atoms with E-state index in [0.717, 1.165) is 56.2 Å². The highest BCUT2D eigenvalue weighted by Crippen LogP contribution is 2.25. The molecule has 6 heteroatoms. The van der Waals surface area contributed by atoms with E-state index in [1.165, 1.54) is 5.69 Å². The molecule has 1 saturated heterocycles. The van der Waals surface area contributed by atoms with Crippen LogP contribution in [0.4, 0.5) is 0 Å². The minimum atomic E-state index is 0.291. The van der Waals surface area contributed by atoms with Gasteiger partial charge in [0.15, 0.2) is 0 Å². The van der Waals surface area contributed by atoms with Gasteiger partial charge < -0.3 is 4.90 Å². The van der Waals surface area contributed by atoms with E-state index in [9.17, 15) is 4.79 Å². The summed E-state index contributed by atoms with van der Waals surface area (Å²) in [4.78, 5) is 16.6. The number of benzene rings is 1. The summed E-state index contributed by atoms with van der Waals surface area (Å²) in [7, 11) is 0. The van der Waals surface area contributed by atoms with E-state index in [2.05, 4.69) is 26.8 Å². The van der Waals surface area contributed by atoms with Crippen LogP contribution in [0.25, 0.3) is 0 Å². The van der Waals surface area contributed by atoms with Crippen LogP contribution in [0.5, 0.6) is 0 Å². The third-order valence-electron chi connectivity index (χ3n) is 5.29. The average Bonchev–Trinajstić information content (AvgIpc) is 3.18. The highest BCUT2D eigenvalue weighted by Gasteiger charge is 2.29. The van der Waals surface area contributed by atoms with Crippen LogP contribution in [0.1, 0.15) is 30.5 Å². The van der Waals surface area contributed by atoms with E-state index in [-0.39, 0.29) is 0 Å². The molecule has 1 aromatic heterocycles. The molecule has 132 valence electrons. The van der Waals surface area contributed by atoms with E-state index in [0.29, 0.717) is 18.4 Å². The van der Waals surface area contributed by atoms with Gasteiger partial charge in [0.1, 0.15) is 0 Å². The SMILES string of the molecule is O=C1CCCN1CC1CCn2nccc2CN1Cc1ccccc1Cl. The Hall–Kier alpha value is -1.85. The first-order valence-electron chi connectivity index (χ1n) is 8.96. The van der Waals surface area contributed by atoms with Crippen LogP contribution in [0.2, 0.25) is 5.02 Å². The molecule has 5 nitrogen and oxygen atoms in total. The number of aryl methyl sites for hydroxylation is 1. The van der Waals surface area contributed by atoms with E-state index in [1.54, 1.807) is 0 Å². The first kappa shape index (κ1) is 16.6. The van der Waals surface area contributed by atoms with Crippen molar-refractivity contribution in [3.8, 4) is 0 Å². The van der Waals surface area contributed by atoms with Gasteiger partial charge in [0.05, 0.1) is 5.69 Å². The third kappa shape index (κ3) is 3.58. The van der Waals surface area contributed by atoms with Gasteiger partial charge >= 0.3 is 0 Å². The lowest BCUT2D eigenvalue weighted by Crippen LogP contribution is -2.43. The smallest absolute Gasteiger partial charge is 0.222 e. The zero-order valence-electron chi connectivity index (χ0n) is 14.3. The number of carbonyl (C=O) groups excluding carboxylic acids is 1. The molecule has 1 fully saturated rings. The molecule has 0 aliphatic carbocycles. The number of carbonyl (C=O) groups is 1. The number of nitrogens with zero attached hydrogens (tertiary/aromatic N) is 4. The summed E-state index contributed by atoms with van der Waals surface area (Å²) in [6.07, 6.45) is 4.53. The number of fused-ring (bicyclic) bond motifs is 1. The maximum absolute atomic E-state index is 12.1. The lowest BCUT2D eigenvalue weighted by Gasteiger charge is -2.33. The number of hydrogen-bond donors (Lipinski definition) is 0. The van der Waals surface area contributed by atoms with Crippen LogP contribution in [0, 0.1) is 0 Å². The van der Waals surface area contributed by atoms with Crippen molar-refractivity contribution < 1.29 is 4.79 Å². The van der Waals surface area contributed by atoms with Crippen molar-refractivity contribution in [3.63, 3.8) is 0 Å². The molecule has 4 rings (SSSR count). The van der Waals surface area contributed by atoms with E-state index >= 15 is 0 Å². The minimum Gasteiger partial charge on any atom is -0.341 e.